The Balaban J connectivity index is 1.25. The Morgan fingerprint density at radius 3 is 2.47 bits per heavy atom. The van der Waals surface area contributed by atoms with E-state index in [9.17, 15) is 4.79 Å². The van der Waals surface area contributed by atoms with Crippen LogP contribution in [0.3, 0.4) is 0 Å². The van der Waals surface area contributed by atoms with Crippen molar-refractivity contribution in [2.24, 2.45) is 0 Å². The Hall–Kier alpha value is -3.29. The van der Waals surface area contributed by atoms with Gasteiger partial charge in [-0.15, -0.1) is 0 Å². The molecule has 7 heteroatoms. The predicted molar refractivity (Wildman–Crippen MR) is 142 cm³/mol. The first-order chi connectivity index (χ1) is 17.7. The van der Waals surface area contributed by atoms with E-state index in [4.69, 9.17) is 4.74 Å². The fourth-order valence-corrected chi connectivity index (χ4v) is 5.29. The van der Waals surface area contributed by atoms with E-state index in [0.29, 0.717) is 24.7 Å². The molecule has 5 rings (SSSR count). The number of morpholine rings is 1. The van der Waals surface area contributed by atoms with E-state index < -0.39 is 0 Å². The average molecular weight is 486 g/mol. The lowest BCUT2D eigenvalue weighted by Gasteiger charge is -2.40. The second kappa shape index (κ2) is 11.6. The van der Waals surface area contributed by atoms with Gasteiger partial charge >= 0.3 is 0 Å². The Morgan fingerprint density at radius 2 is 1.72 bits per heavy atom. The summed E-state index contributed by atoms with van der Waals surface area (Å²) in [7, 11) is 0. The number of piperidine rings is 1. The highest BCUT2D eigenvalue weighted by atomic mass is 16.5. The van der Waals surface area contributed by atoms with E-state index in [1.807, 2.05) is 11.0 Å². The number of nitrogens with one attached hydrogen (secondary N) is 1. The second-order valence-corrected chi connectivity index (χ2v) is 9.49. The van der Waals surface area contributed by atoms with Gasteiger partial charge in [-0.2, -0.15) is 0 Å². The highest BCUT2D eigenvalue weighted by Gasteiger charge is 2.30. The van der Waals surface area contributed by atoms with Crippen molar-refractivity contribution >= 4 is 11.7 Å². The number of hydrogen-bond acceptors (Lipinski definition) is 6. The lowest BCUT2D eigenvalue weighted by Crippen LogP contribution is -2.50. The van der Waals surface area contributed by atoms with Crippen LogP contribution in [-0.4, -0.2) is 71.1 Å². The molecule has 2 aliphatic rings. The molecule has 0 spiro atoms. The zero-order chi connectivity index (χ0) is 24.7. The summed E-state index contributed by atoms with van der Waals surface area (Å²) in [5.74, 6) is 0.757. The molecule has 3 heterocycles. The molecule has 7 nitrogen and oxygen atoms in total. The van der Waals surface area contributed by atoms with Gasteiger partial charge in [-0.05, 0) is 42.0 Å². The smallest absolute Gasteiger partial charge is 0.272 e. The molecular formula is C29H35N5O2. The summed E-state index contributed by atoms with van der Waals surface area (Å²) in [6, 6.07) is 19.4. The molecule has 0 atom stereocenters. The topological polar surface area (TPSA) is 70.6 Å². The van der Waals surface area contributed by atoms with Crippen molar-refractivity contribution in [2.75, 3.05) is 44.7 Å². The first-order valence-electron chi connectivity index (χ1n) is 13.1. The number of amides is 1. The molecule has 2 aliphatic heterocycles. The van der Waals surface area contributed by atoms with Gasteiger partial charge in [-0.1, -0.05) is 55.5 Å². The third kappa shape index (κ3) is 5.58. The fourth-order valence-electron chi connectivity index (χ4n) is 5.29. The van der Waals surface area contributed by atoms with Crippen molar-refractivity contribution in [1.82, 2.24) is 19.8 Å². The number of nitrogens with zero attached hydrogens (tertiary/aromatic N) is 4. The van der Waals surface area contributed by atoms with Gasteiger partial charge in [0.05, 0.1) is 13.2 Å². The highest BCUT2D eigenvalue weighted by molar-refractivity contribution is 5.94. The molecule has 2 saturated heterocycles. The molecule has 0 radical (unpaired) electrons. The quantitative estimate of drug-likeness (QED) is 0.539. The molecular weight excluding hydrogens is 450 g/mol. The van der Waals surface area contributed by atoms with Crippen LogP contribution < -0.4 is 5.32 Å². The van der Waals surface area contributed by atoms with Crippen LogP contribution in [0.25, 0.3) is 11.1 Å². The Labute approximate surface area is 213 Å². The first-order valence-corrected chi connectivity index (χ1v) is 13.1. The number of ether oxygens (including phenoxy) is 1. The molecule has 188 valence electrons. The average Bonchev–Trinajstić information content (AvgIpc) is 2.96. The van der Waals surface area contributed by atoms with E-state index >= 15 is 0 Å². The van der Waals surface area contributed by atoms with Gasteiger partial charge in [0.25, 0.3) is 5.91 Å². The van der Waals surface area contributed by atoms with E-state index in [1.54, 1.807) is 0 Å². The van der Waals surface area contributed by atoms with Gasteiger partial charge in [0, 0.05) is 44.3 Å². The van der Waals surface area contributed by atoms with Crippen molar-refractivity contribution in [2.45, 2.75) is 38.8 Å². The minimum Gasteiger partial charge on any atom is -0.379 e. The third-order valence-electron chi connectivity index (χ3n) is 7.31. The van der Waals surface area contributed by atoms with Crippen LogP contribution in [0, 0.1) is 0 Å². The van der Waals surface area contributed by atoms with Crippen LogP contribution in [0.5, 0.6) is 0 Å². The molecule has 2 aromatic carbocycles. The molecule has 0 unspecified atom stereocenters. The highest BCUT2D eigenvalue weighted by Crippen LogP contribution is 2.24. The Bertz CT molecular complexity index is 1160. The van der Waals surface area contributed by atoms with Crippen LogP contribution >= 0.6 is 0 Å². The summed E-state index contributed by atoms with van der Waals surface area (Å²) in [5, 5.41) is 3.47. The van der Waals surface area contributed by atoms with E-state index in [-0.39, 0.29) is 5.91 Å². The van der Waals surface area contributed by atoms with Crippen LogP contribution in [0.2, 0.25) is 0 Å². The number of carbonyl (C=O) groups is 1. The molecule has 0 aliphatic carbocycles. The van der Waals surface area contributed by atoms with Crippen molar-refractivity contribution < 1.29 is 9.53 Å². The molecule has 1 aromatic heterocycles. The van der Waals surface area contributed by atoms with Crippen molar-refractivity contribution in [3.8, 4) is 11.1 Å². The standard InChI is InChI=1S/C29H35N5O2/c1-2-26-27(29(35)34-13-11-25(12-14-34)33-15-17-36-18-16-33)31-21-32-28(26)30-20-22-7-6-10-24(19-22)23-8-4-3-5-9-23/h3-10,19,21,25H,2,11-18,20H2,1H3,(H,30,31,32). The molecule has 0 saturated carbocycles. The summed E-state index contributed by atoms with van der Waals surface area (Å²) in [5.41, 5.74) is 4.95. The van der Waals surface area contributed by atoms with Crippen molar-refractivity contribution in [1.29, 1.82) is 0 Å². The lowest BCUT2D eigenvalue weighted by molar-refractivity contribution is 0.00151. The number of anilines is 1. The minimum atomic E-state index is 0.0174. The summed E-state index contributed by atoms with van der Waals surface area (Å²) in [6.07, 6.45) is 4.20. The van der Waals surface area contributed by atoms with Gasteiger partial charge in [-0.3, -0.25) is 9.69 Å². The van der Waals surface area contributed by atoms with Gasteiger partial charge in [0.2, 0.25) is 0 Å². The number of likely N-dealkylation sites (tertiary alicyclic amines) is 1. The first kappa shape index (κ1) is 24.4. The number of carbonyl (C=O) groups excluding carboxylic acids is 1. The summed E-state index contributed by atoms with van der Waals surface area (Å²) in [6.45, 7) is 7.83. The largest absolute Gasteiger partial charge is 0.379 e. The Morgan fingerprint density at radius 1 is 0.972 bits per heavy atom. The number of hydrogen-bond donors (Lipinski definition) is 1. The lowest BCUT2D eigenvalue weighted by atomic mass is 10.0. The molecule has 1 N–H and O–H groups in total. The predicted octanol–water partition coefficient (Wildman–Crippen LogP) is 4.25. The molecule has 1 amide bonds. The molecule has 2 fully saturated rings. The maximum Gasteiger partial charge on any atom is 0.272 e. The zero-order valence-corrected chi connectivity index (χ0v) is 21.0. The fraction of sp³-hybridized carbons (Fsp3) is 0.414. The van der Waals surface area contributed by atoms with Crippen LogP contribution in [0.4, 0.5) is 5.82 Å². The second-order valence-electron chi connectivity index (χ2n) is 9.49. The normalized spacial score (nSPS) is 17.2. The third-order valence-corrected chi connectivity index (χ3v) is 7.31. The summed E-state index contributed by atoms with van der Waals surface area (Å²) < 4.78 is 5.49. The van der Waals surface area contributed by atoms with E-state index in [1.165, 1.54) is 17.5 Å². The van der Waals surface area contributed by atoms with Crippen molar-refractivity contribution in [3.63, 3.8) is 0 Å². The summed E-state index contributed by atoms with van der Waals surface area (Å²) in [4.78, 5) is 26.9. The number of rotatable bonds is 7. The van der Waals surface area contributed by atoms with Crippen molar-refractivity contribution in [3.05, 3.63) is 77.7 Å². The van der Waals surface area contributed by atoms with Gasteiger partial charge in [0.1, 0.15) is 17.8 Å². The molecule has 0 bridgehead atoms. The SMILES string of the molecule is CCc1c(NCc2cccc(-c3ccccc3)c2)ncnc1C(=O)N1CCC(N2CCOCC2)CC1. The monoisotopic (exact) mass is 485 g/mol. The van der Waals surface area contributed by atoms with Crippen LogP contribution in [0.15, 0.2) is 60.9 Å². The van der Waals surface area contributed by atoms with Gasteiger partial charge in [-0.25, -0.2) is 9.97 Å². The van der Waals surface area contributed by atoms with E-state index in [0.717, 1.165) is 69.2 Å². The van der Waals surface area contributed by atoms with Gasteiger partial charge < -0.3 is 15.0 Å². The Kier molecular flexibility index (Phi) is 7.88. The maximum atomic E-state index is 13.5. The van der Waals surface area contributed by atoms with Crippen LogP contribution in [0.1, 0.15) is 41.4 Å². The number of aromatic nitrogens is 2. The molecule has 3 aromatic rings. The minimum absolute atomic E-state index is 0.0174. The van der Waals surface area contributed by atoms with Gasteiger partial charge in [0.15, 0.2) is 0 Å². The van der Waals surface area contributed by atoms with E-state index in [2.05, 4.69) is 75.6 Å². The zero-order valence-electron chi connectivity index (χ0n) is 21.0. The maximum absolute atomic E-state index is 13.5. The summed E-state index contributed by atoms with van der Waals surface area (Å²) >= 11 is 0. The molecule has 36 heavy (non-hydrogen) atoms. The van der Waals surface area contributed by atoms with Crippen LogP contribution in [-0.2, 0) is 17.7 Å². The number of benzene rings is 2.